The Hall–Kier alpha value is -2.99. The van der Waals surface area contributed by atoms with Crippen molar-refractivity contribution in [3.63, 3.8) is 0 Å². The van der Waals surface area contributed by atoms with Gasteiger partial charge < -0.3 is 19.0 Å². The average Bonchev–Trinajstić information content (AvgIpc) is 2.52. The summed E-state index contributed by atoms with van der Waals surface area (Å²) in [5.41, 5.74) is -0.650. The summed E-state index contributed by atoms with van der Waals surface area (Å²) in [6.07, 6.45) is -0.996. The third-order valence-electron chi connectivity index (χ3n) is 3.50. The van der Waals surface area contributed by atoms with Crippen LogP contribution in [-0.4, -0.2) is 16.9 Å². The summed E-state index contributed by atoms with van der Waals surface area (Å²) >= 11 is 6.16. The first-order valence-corrected chi connectivity index (χ1v) is 8.48. The highest BCUT2D eigenvalue weighted by Gasteiger charge is 2.21. The molecule has 0 spiro atoms. The number of carbonyl (C=O) groups is 1. The second-order valence-electron chi connectivity index (χ2n) is 6.84. The molecule has 7 heteroatoms. The van der Waals surface area contributed by atoms with Gasteiger partial charge in [0.2, 0.25) is 0 Å². The molecule has 0 fully saturated rings. The molecule has 3 rings (SSSR count). The standard InChI is InChI=1S/C20H17ClO6/c1-20(2,3)27-19(24)26-17-9-11(22)8-16-18(17)14(23)10-15(25-16)12-6-4-5-7-13(12)21/h4-10,22H,1-3H3. The Morgan fingerprint density at radius 1 is 1.15 bits per heavy atom. The lowest BCUT2D eigenvalue weighted by molar-refractivity contribution is 0.0209. The quantitative estimate of drug-likeness (QED) is 0.483. The van der Waals surface area contributed by atoms with E-state index in [0.29, 0.717) is 10.6 Å². The third kappa shape index (κ3) is 4.23. The maximum absolute atomic E-state index is 12.7. The minimum absolute atomic E-state index is 0.00876. The smallest absolute Gasteiger partial charge is 0.508 e. The highest BCUT2D eigenvalue weighted by molar-refractivity contribution is 6.33. The monoisotopic (exact) mass is 388 g/mol. The summed E-state index contributed by atoms with van der Waals surface area (Å²) in [7, 11) is 0. The van der Waals surface area contributed by atoms with E-state index < -0.39 is 17.2 Å². The zero-order valence-electron chi connectivity index (χ0n) is 14.9. The molecule has 0 saturated heterocycles. The second-order valence-corrected chi connectivity index (χ2v) is 7.25. The van der Waals surface area contributed by atoms with Crippen LogP contribution in [0.3, 0.4) is 0 Å². The van der Waals surface area contributed by atoms with Gasteiger partial charge >= 0.3 is 6.16 Å². The Morgan fingerprint density at radius 3 is 2.52 bits per heavy atom. The third-order valence-corrected chi connectivity index (χ3v) is 3.83. The maximum atomic E-state index is 12.7. The Bertz CT molecular complexity index is 1080. The van der Waals surface area contributed by atoms with Crippen molar-refractivity contribution in [2.45, 2.75) is 26.4 Å². The fourth-order valence-corrected chi connectivity index (χ4v) is 2.70. The molecule has 2 aromatic carbocycles. The number of phenols is 1. The van der Waals surface area contributed by atoms with Crippen molar-refractivity contribution in [1.29, 1.82) is 0 Å². The van der Waals surface area contributed by atoms with Gasteiger partial charge in [0.05, 0.1) is 5.02 Å². The Balaban J connectivity index is 2.11. The van der Waals surface area contributed by atoms with Gasteiger partial charge in [0.25, 0.3) is 0 Å². The molecule has 0 atom stereocenters. The van der Waals surface area contributed by atoms with Crippen molar-refractivity contribution >= 4 is 28.7 Å². The van der Waals surface area contributed by atoms with Crippen LogP contribution in [0.4, 0.5) is 4.79 Å². The molecule has 0 amide bonds. The Kier molecular flexibility index (Phi) is 4.85. The van der Waals surface area contributed by atoms with Crippen LogP contribution in [0.25, 0.3) is 22.3 Å². The number of hydrogen-bond donors (Lipinski definition) is 1. The molecule has 0 unspecified atom stereocenters. The molecule has 6 nitrogen and oxygen atoms in total. The van der Waals surface area contributed by atoms with Gasteiger partial charge in [-0.2, -0.15) is 0 Å². The van der Waals surface area contributed by atoms with Crippen molar-refractivity contribution in [1.82, 2.24) is 0 Å². The molecule has 0 bridgehead atoms. The van der Waals surface area contributed by atoms with Crippen LogP contribution in [0, 0.1) is 0 Å². The van der Waals surface area contributed by atoms with Crippen molar-refractivity contribution in [3.8, 4) is 22.8 Å². The van der Waals surface area contributed by atoms with Gasteiger partial charge in [-0.25, -0.2) is 4.79 Å². The lowest BCUT2D eigenvalue weighted by atomic mass is 10.1. The Morgan fingerprint density at radius 2 is 1.85 bits per heavy atom. The zero-order chi connectivity index (χ0) is 19.8. The number of phenolic OH excluding ortho intramolecular Hbond substituents is 1. The lowest BCUT2D eigenvalue weighted by Crippen LogP contribution is -2.26. The molecule has 0 aliphatic heterocycles. The molecule has 0 saturated carbocycles. The van der Waals surface area contributed by atoms with E-state index in [1.54, 1.807) is 45.0 Å². The van der Waals surface area contributed by atoms with Gasteiger partial charge in [0.15, 0.2) is 11.2 Å². The first kappa shape index (κ1) is 18.8. The van der Waals surface area contributed by atoms with Crippen molar-refractivity contribution in [2.75, 3.05) is 0 Å². The topological polar surface area (TPSA) is 86.0 Å². The number of benzene rings is 2. The number of hydrogen-bond acceptors (Lipinski definition) is 6. The number of halogens is 1. The first-order valence-electron chi connectivity index (χ1n) is 8.10. The molecular formula is C20H17ClO6. The number of rotatable bonds is 2. The number of carbonyl (C=O) groups excluding carboxylic acids is 1. The van der Waals surface area contributed by atoms with Crippen molar-refractivity contribution in [3.05, 3.63) is 57.7 Å². The van der Waals surface area contributed by atoms with E-state index in [1.807, 2.05) is 0 Å². The maximum Gasteiger partial charge on any atom is 0.514 e. The summed E-state index contributed by atoms with van der Waals surface area (Å²) in [6, 6.07) is 10.5. The summed E-state index contributed by atoms with van der Waals surface area (Å²) < 4.78 is 16.0. The van der Waals surface area contributed by atoms with Gasteiger partial charge in [-0.1, -0.05) is 23.7 Å². The first-order chi connectivity index (χ1) is 12.6. The Labute approximate surface area is 159 Å². The van der Waals surface area contributed by atoms with Crippen LogP contribution in [0.1, 0.15) is 20.8 Å². The highest BCUT2D eigenvalue weighted by atomic mass is 35.5. The van der Waals surface area contributed by atoms with E-state index in [4.69, 9.17) is 25.5 Å². The molecule has 140 valence electrons. The molecule has 27 heavy (non-hydrogen) atoms. The van der Waals surface area contributed by atoms with Crippen LogP contribution in [0.15, 0.2) is 51.7 Å². The minimum Gasteiger partial charge on any atom is -0.508 e. The minimum atomic E-state index is -0.996. The highest BCUT2D eigenvalue weighted by Crippen LogP contribution is 2.33. The van der Waals surface area contributed by atoms with Crippen LogP contribution in [0.2, 0.25) is 5.02 Å². The molecular weight excluding hydrogens is 372 g/mol. The SMILES string of the molecule is CC(C)(C)OC(=O)Oc1cc(O)cc2oc(-c3ccccc3Cl)cc(=O)c12. The molecule has 0 radical (unpaired) electrons. The fourth-order valence-electron chi connectivity index (χ4n) is 2.47. The van der Waals surface area contributed by atoms with E-state index in [0.717, 1.165) is 6.07 Å². The summed E-state index contributed by atoms with van der Waals surface area (Å²) in [5, 5.41) is 10.4. The number of ether oxygens (including phenoxy) is 2. The molecule has 1 N–H and O–H groups in total. The molecule has 1 aromatic heterocycles. The predicted octanol–water partition coefficient (Wildman–Crippen LogP) is 5.13. The molecule has 1 heterocycles. The normalized spacial score (nSPS) is 11.4. The van der Waals surface area contributed by atoms with E-state index in [9.17, 15) is 14.7 Å². The van der Waals surface area contributed by atoms with E-state index >= 15 is 0 Å². The number of fused-ring (bicyclic) bond motifs is 1. The summed E-state index contributed by atoms with van der Waals surface area (Å²) in [6.45, 7) is 5.04. The zero-order valence-corrected chi connectivity index (χ0v) is 15.7. The average molecular weight is 389 g/mol. The largest absolute Gasteiger partial charge is 0.514 e. The van der Waals surface area contributed by atoms with E-state index in [-0.39, 0.29) is 28.2 Å². The molecule has 3 aromatic rings. The summed E-state index contributed by atoms with van der Waals surface area (Å²) in [5.74, 6) is -0.161. The van der Waals surface area contributed by atoms with Crippen LogP contribution in [0.5, 0.6) is 11.5 Å². The fraction of sp³-hybridized carbons (Fsp3) is 0.200. The predicted molar refractivity (Wildman–Crippen MR) is 101 cm³/mol. The van der Waals surface area contributed by atoms with Gasteiger partial charge in [-0.05, 0) is 32.9 Å². The van der Waals surface area contributed by atoms with Gasteiger partial charge in [-0.3, -0.25) is 4.79 Å². The summed E-state index contributed by atoms with van der Waals surface area (Å²) in [4.78, 5) is 24.6. The lowest BCUT2D eigenvalue weighted by Gasteiger charge is -2.19. The van der Waals surface area contributed by atoms with Gasteiger partial charge in [0, 0.05) is 23.8 Å². The van der Waals surface area contributed by atoms with Crippen molar-refractivity contribution < 1.29 is 23.8 Å². The van der Waals surface area contributed by atoms with Gasteiger partial charge in [-0.15, -0.1) is 0 Å². The molecule has 0 aliphatic rings. The van der Waals surface area contributed by atoms with Crippen LogP contribution in [-0.2, 0) is 4.74 Å². The van der Waals surface area contributed by atoms with Crippen molar-refractivity contribution in [2.24, 2.45) is 0 Å². The van der Waals surface area contributed by atoms with Crippen LogP contribution >= 0.6 is 11.6 Å². The second kappa shape index (κ2) is 6.96. The molecule has 0 aliphatic carbocycles. The van der Waals surface area contributed by atoms with E-state index in [2.05, 4.69) is 0 Å². The van der Waals surface area contributed by atoms with Crippen LogP contribution < -0.4 is 10.2 Å². The number of aromatic hydroxyl groups is 1. The van der Waals surface area contributed by atoms with E-state index in [1.165, 1.54) is 12.1 Å². The van der Waals surface area contributed by atoms with Gasteiger partial charge in [0.1, 0.15) is 28.1 Å².